The highest BCUT2D eigenvalue weighted by Crippen LogP contribution is 2.29. The number of benzene rings is 3. The zero-order chi connectivity index (χ0) is 26.7. The van der Waals surface area contributed by atoms with E-state index in [2.05, 4.69) is 15.6 Å². The van der Waals surface area contributed by atoms with Gasteiger partial charge >= 0.3 is 5.97 Å². The zero-order valence-electron chi connectivity index (χ0n) is 20.7. The average Bonchev–Trinajstić information content (AvgIpc) is 3.33. The SMILES string of the molecule is CCOc1ccc2nc(NC(=O)COC(=O)C(CSCc3ccccc3)NC(=O)c3ccccc3)sc2c1. The molecule has 0 aliphatic rings. The second-order valence-corrected chi connectivity index (χ2v) is 10.2. The third-order valence-electron chi connectivity index (χ3n) is 5.28. The van der Waals surface area contributed by atoms with Gasteiger partial charge in [0, 0.05) is 17.1 Å². The number of rotatable bonds is 12. The van der Waals surface area contributed by atoms with E-state index in [1.165, 1.54) is 23.1 Å². The summed E-state index contributed by atoms with van der Waals surface area (Å²) in [7, 11) is 0. The number of carbonyl (C=O) groups is 3. The van der Waals surface area contributed by atoms with Crippen LogP contribution in [-0.4, -0.2) is 47.8 Å². The fourth-order valence-corrected chi connectivity index (χ4v) is 5.39. The quantitative estimate of drug-likeness (QED) is 0.242. The fraction of sp³-hybridized carbons (Fsp3) is 0.214. The van der Waals surface area contributed by atoms with Crippen LogP contribution in [0.3, 0.4) is 0 Å². The first kappa shape index (κ1) is 27.2. The Morgan fingerprint density at radius 3 is 2.47 bits per heavy atom. The summed E-state index contributed by atoms with van der Waals surface area (Å²) in [5.74, 6) is 0.0774. The maximum Gasteiger partial charge on any atom is 0.330 e. The normalized spacial score (nSPS) is 11.5. The molecule has 2 amide bonds. The van der Waals surface area contributed by atoms with Crippen molar-refractivity contribution in [2.75, 3.05) is 24.3 Å². The molecule has 0 saturated heterocycles. The molecule has 1 unspecified atom stereocenters. The molecule has 0 spiro atoms. The number of esters is 1. The molecule has 1 aromatic heterocycles. The van der Waals surface area contributed by atoms with Crippen molar-refractivity contribution in [3.8, 4) is 5.75 Å². The van der Waals surface area contributed by atoms with Gasteiger partial charge in [-0.05, 0) is 42.8 Å². The number of carbonyl (C=O) groups excluding carboxylic acids is 3. The first-order valence-electron chi connectivity index (χ1n) is 12.0. The molecule has 38 heavy (non-hydrogen) atoms. The monoisotopic (exact) mass is 549 g/mol. The number of ether oxygens (including phenoxy) is 2. The zero-order valence-corrected chi connectivity index (χ0v) is 22.3. The van der Waals surface area contributed by atoms with Crippen LogP contribution in [0.2, 0.25) is 0 Å². The standard InChI is InChI=1S/C28H27N3O5S2/c1-2-35-21-13-14-22-24(15-21)38-28(30-22)31-25(32)16-36-27(34)23(18-37-17-19-9-5-3-6-10-19)29-26(33)20-11-7-4-8-12-20/h3-15,23H,2,16-18H2,1H3,(H,29,33)(H,30,31,32). The number of thiazole rings is 1. The smallest absolute Gasteiger partial charge is 0.330 e. The number of aromatic nitrogens is 1. The van der Waals surface area contributed by atoms with Crippen LogP contribution in [0.5, 0.6) is 5.75 Å². The lowest BCUT2D eigenvalue weighted by molar-refractivity contribution is -0.148. The number of nitrogens with one attached hydrogen (secondary N) is 2. The summed E-state index contributed by atoms with van der Waals surface area (Å²) in [5.41, 5.74) is 2.26. The number of hydrogen-bond acceptors (Lipinski definition) is 8. The number of fused-ring (bicyclic) bond motifs is 1. The van der Waals surface area contributed by atoms with E-state index in [0.29, 0.717) is 23.1 Å². The third kappa shape index (κ3) is 7.80. The minimum absolute atomic E-state index is 0.286. The lowest BCUT2D eigenvalue weighted by Gasteiger charge is -2.17. The van der Waals surface area contributed by atoms with Gasteiger partial charge in [-0.15, -0.1) is 0 Å². The summed E-state index contributed by atoms with van der Waals surface area (Å²) in [6.45, 7) is 1.96. The molecule has 0 aliphatic carbocycles. The van der Waals surface area contributed by atoms with E-state index >= 15 is 0 Å². The van der Waals surface area contributed by atoms with Crippen molar-refractivity contribution >= 4 is 56.2 Å². The van der Waals surface area contributed by atoms with Crippen LogP contribution in [0.15, 0.2) is 78.9 Å². The summed E-state index contributed by atoms with van der Waals surface area (Å²) >= 11 is 2.79. The van der Waals surface area contributed by atoms with E-state index in [-0.39, 0.29) is 5.75 Å². The molecule has 10 heteroatoms. The molecule has 0 radical (unpaired) electrons. The van der Waals surface area contributed by atoms with Gasteiger partial charge in [0.2, 0.25) is 0 Å². The highest BCUT2D eigenvalue weighted by Gasteiger charge is 2.24. The second-order valence-electron chi connectivity index (χ2n) is 8.13. The van der Waals surface area contributed by atoms with Crippen LogP contribution in [0, 0.1) is 0 Å². The number of thioether (sulfide) groups is 1. The van der Waals surface area contributed by atoms with Crippen LogP contribution in [-0.2, 0) is 20.1 Å². The number of amides is 2. The Hall–Kier alpha value is -3.89. The largest absolute Gasteiger partial charge is 0.494 e. The summed E-state index contributed by atoms with van der Waals surface area (Å²) in [6.07, 6.45) is 0. The average molecular weight is 550 g/mol. The Morgan fingerprint density at radius 2 is 1.74 bits per heavy atom. The van der Waals surface area contributed by atoms with Gasteiger partial charge in [-0.2, -0.15) is 11.8 Å². The Kier molecular flexibility index (Phi) is 9.71. The van der Waals surface area contributed by atoms with Crippen molar-refractivity contribution in [2.24, 2.45) is 0 Å². The summed E-state index contributed by atoms with van der Waals surface area (Å²) in [5, 5.41) is 5.80. The van der Waals surface area contributed by atoms with Crippen molar-refractivity contribution in [3.05, 3.63) is 90.0 Å². The molecule has 2 N–H and O–H groups in total. The first-order chi connectivity index (χ1) is 18.5. The number of nitrogens with zero attached hydrogens (tertiary/aromatic N) is 1. The van der Waals surface area contributed by atoms with Gasteiger partial charge in [-0.1, -0.05) is 59.9 Å². The first-order valence-corrected chi connectivity index (χ1v) is 14.0. The van der Waals surface area contributed by atoms with Crippen molar-refractivity contribution < 1.29 is 23.9 Å². The summed E-state index contributed by atoms with van der Waals surface area (Å²) in [4.78, 5) is 42.5. The number of hydrogen-bond donors (Lipinski definition) is 2. The van der Waals surface area contributed by atoms with Gasteiger partial charge in [0.05, 0.1) is 16.8 Å². The van der Waals surface area contributed by atoms with E-state index in [1.807, 2.05) is 55.5 Å². The lowest BCUT2D eigenvalue weighted by Crippen LogP contribution is -2.44. The molecule has 4 rings (SSSR count). The van der Waals surface area contributed by atoms with Gasteiger partial charge in [0.25, 0.3) is 11.8 Å². The molecule has 1 atom stereocenters. The molecule has 3 aromatic carbocycles. The molecule has 0 saturated carbocycles. The van der Waals surface area contributed by atoms with Gasteiger partial charge in [0.15, 0.2) is 11.7 Å². The molecular weight excluding hydrogens is 522 g/mol. The maximum atomic E-state index is 12.9. The second kappa shape index (κ2) is 13.6. The van der Waals surface area contributed by atoms with Crippen LogP contribution in [0.25, 0.3) is 10.2 Å². The van der Waals surface area contributed by atoms with E-state index in [1.54, 1.807) is 30.3 Å². The van der Waals surface area contributed by atoms with Gasteiger partial charge in [-0.3, -0.25) is 14.9 Å². The Morgan fingerprint density at radius 1 is 1.00 bits per heavy atom. The van der Waals surface area contributed by atoms with E-state index in [0.717, 1.165) is 21.5 Å². The summed E-state index contributed by atoms with van der Waals surface area (Å²) in [6, 6.07) is 23.0. The van der Waals surface area contributed by atoms with Crippen molar-refractivity contribution in [2.45, 2.75) is 18.7 Å². The van der Waals surface area contributed by atoms with Crippen molar-refractivity contribution in [3.63, 3.8) is 0 Å². The minimum atomic E-state index is -0.927. The van der Waals surface area contributed by atoms with Crippen molar-refractivity contribution in [1.29, 1.82) is 0 Å². The van der Waals surface area contributed by atoms with Gasteiger partial charge in [0.1, 0.15) is 11.8 Å². The van der Waals surface area contributed by atoms with Crippen LogP contribution < -0.4 is 15.4 Å². The molecule has 0 fully saturated rings. The van der Waals surface area contributed by atoms with Gasteiger partial charge < -0.3 is 14.8 Å². The molecule has 0 aliphatic heterocycles. The topological polar surface area (TPSA) is 107 Å². The fourth-order valence-electron chi connectivity index (χ4n) is 3.48. The van der Waals surface area contributed by atoms with Crippen LogP contribution in [0.4, 0.5) is 5.13 Å². The number of anilines is 1. The summed E-state index contributed by atoms with van der Waals surface area (Å²) < 4.78 is 11.6. The van der Waals surface area contributed by atoms with E-state index in [4.69, 9.17) is 9.47 Å². The van der Waals surface area contributed by atoms with Crippen LogP contribution in [0.1, 0.15) is 22.8 Å². The van der Waals surface area contributed by atoms with Crippen molar-refractivity contribution in [1.82, 2.24) is 10.3 Å². The highest BCUT2D eigenvalue weighted by atomic mass is 32.2. The molecule has 1 heterocycles. The van der Waals surface area contributed by atoms with E-state index in [9.17, 15) is 14.4 Å². The third-order valence-corrected chi connectivity index (χ3v) is 7.32. The predicted molar refractivity (Wildman–Crippen MR) is 151 cm³/mol. The maximum absolute atomic E-state index is 12.9. The highest BCUT2D eigenvalue weighted by molar-refractivity contribution is 7.98. The predicted octanol–water partition coefficient (Wildman–Crippen LogP) is 4.91. The Bertz CT molecular complexity index is 1380. The molecular formula is C28H27N3O5S2. The van der Waals surface area contributed by atoms with Crippen LogP contribution >= 0.6 is 23.1 Å². The molecule has 4 aromatic rings. The lowest BCUT2D eigenvalue weighted by atomic mass is 10.2. The Labute approximate surface area is 228 Å². The molecule has 196 valence electrons. The van der Waals surface area contributed by atoms with E-state index < -0.39 is 30.4 Å². The minimum Gasteiger partial charge on any atom is -0.494 e. The van der Waals surface area contributed by atoms with Gasteiger partial charge in [-0.25, -0.2) is 9.78 Å². The molecule has 8 nitrogen and oxygen atoms in total. The Balaban J connectivity index is 1.34. The molecule has 0 bridgehead atoms.